The van der Waals surface area contributed by atoms with Crippen LogP contribution in [0.25, 0.3) is 6.08 Å². The highest BCUT2D eigenvalue weighted by Gasteiger charge is 2.36. The Morgan fingerprint density at radius 3 is 2.46 bits per heavy atom. The van der Waals surface area contributed by atoms with Crippen molar-refractivity contribution in [3.8, 4) is 5.75 Å². The van der Waals surface area contributed by atoms with Crippen molar-refractivity contribution in [2.45, 2.75) is 6.61 Å². The number of hydrogen-bond donors (Lipinski definition) is 1. The molecule has 0 radical (unpaired) electrons. The third-order valence-electron chi connectivity index (χ3n) is 5.10. The Bertz CT molecular complexity index is 1410. The molecule has 0 spiro atoms. The van der Waals surface area contributed by atoms with Crippen molar-refractivity contribution in [1.29, 1.82) is 0 Å². The van der Waals surface area contributed by atoms with E-state index in [1.54, 1.807) is 36.4 Å². The predicted molar refractivity (Wildman–Crippen MR) is 144 cm³/mol. The molecule has 4 rings (SSSR count). The van der Waals surface area contributed by atoms with Gasteiger partial charge in [0.25, 0.3) is 16.8 Å². The summed E-state index contributed by atoms with van der Waals surface area (Å²) in [5.74, 6) is -1.04. The molecular formula is C25H17FIN3O6S. The van der Waals surface area contributed by atoms with Gasteiger partial charge in [-0.2, -0.15) is 0 Å². The van der Waals surface area contributed by atoms with Gasteiger partial charge in [0.1, 0.15) is 24.7 Å². The number of amides is 3. The molecule has 37 heavy (non-hydrogen) atoms. The number of carbonyl (C=O) groups excluding carboxylic acids is 3. The number of carbonyl (C=O) groups is 3. The Labute approximate surface area is 228 Å². The molecule has 1 N–H and O–H groups in total. The van der Waals surface area contributed by atoms with E-state index in [9.17, 15) is 28.9 Å². The smallest absolute Gasteiger partial charge is 0.294 e. The van der Waals surface area contributed by atoms with Gasteiger partial charge in [0.05, 0.1) is 13.4 Å². The molecule has 0 atom stereocenters. The van der Waals surface area contributed by atoms with E-state index >= 15 is 0 Å². The van der Waals surface area contributed by atoms with E-state index in [2.05, 4.69) is 27.9 Å². The number of hydrogen-bond acceptors (Lipinski definition) is 7. The lowest BCUT2D eigenvalue weighted by molar-refractivity contribution is -0.384. The van der Waals surface area contributed by atoms with E-state index in [0.29, 0.717) is 17.0 Å². The van der Waals surface area contributed by atoms with Crippen LogP contribution in [0.3, 0.4) is 0 Å². The fourth-order valence-electron chi connectivity index (χ4n) is 3.26. The fourth-order valence-corrected chi connectivity index (χ4v) is 4.80. The third kappa shape index (κ3) is 6.71. The fraction of sp³-hybridized carbons (Fsp3) is 0.0800. The first-order valence-electron chi connectivity index (χ1n) is 10.7. The van der Waals surface area contributed by atoms with Gasteiger partial charge in [0.15, 0.2) is 0 Å². The van der Waals surface area contributed by atoms with Gasteiger partial charge in [0.2, 0.25) is 5.91 Å². The normalized spacial score (nSPS) is 14.2. The van der Waals surface area contributed by atoms with Crippen molar-refractivity contribution in [3.05, 3.63) is 102 Å². The van der Waals surface area contributed by atoms with Gasteiger partial charge in [-0.1, -0.05) is 6.07 Å². The predicted octanol–water partition coefficient (Wildman–Crippen LogP) is 5.59. The van der Waals surface area contributed by atoms with Gasteiger partial charge in [-0.15, -0.1) is 0 Å². The minimum Gasteiger partial charge on any atom is -0.488 e. The van der Waals surface area contributed by atoms with Gasteiger partial charge in [-0.25, -0.2) is 4.39 Å². The number of non-ortho nitro benzene ring substituents is 1. The van der Waals surface area contributed by atoms with E-state index in [-0.39, 0.29) is 17.2 Å². The van der Waals surface area contributed by atoms with Crippen molar-refractivity contribution in [3.63, 3.8) is 0 Å². The number of benzene rings is 3. The lowest BCUT2D eigenvalue weighted by Gasteiger charge is -2.12. The maximum atomic E-state index is 13.0. The molecule has 0 aromatic heterocycles. The molecule has 1 heterocycles. The van der Waals surface area contributed by atoms with Crippen LogP contribution in [-0.4, -0.2) is 33.4 Å². The number of imide groups is 1. The van der Waals surface area contributed by atoms with Gasteiger partial charge in [-0.05, 0) is 100 Å². The van der Waals surface area contributed by atoms with Crippen LogP contribution in [0.5, 0.6) is 5.75 Å². The summed E-state index contributed by atoms with van der Waals surface area (Å²) in [5, 5.41) is 12.7. The molecule has 188 valence electrons. The van der Waals surface area contributed by atoms with Crippen LogP contribution in [0.4, 0.5) is 20.6 Å². The summed E-state index contributed by atoms with van der Waals surface area (Å²) >= 11 is 2.82. The molecule has 9 nitrogen and oxygen atoms in total. The van der Waals surface area contributed by atoms with Crippen LogP contribution in [0.2, 0.25) is 0 Å². The zero-order chi connectivity index (χ0) is 26.5. The second kappa shape index (κ2) is 11.5. The Kier molecular flexibility index (Phi) is 8.18. The topological polar surface area (TPSA) is 119 Å². The van der Waals surface area contributed by atoms with Crippen LogP contribution >= 0.6 is 34.4 Å². The van der Waals surface area contributed by atoms with Gasteiger partial charge in [-0.3, -0.25) is 29.4 Å². The average Bonchev–Trinajstić information content (AvgIpc) is 3.12. The first-order valence-corrected chi connectivity index (χ1v) is 12.6. The van der Waals surface area contributed by atoms with Crippen LogP contribution < -0.4 is 10.1 Å². The van der Waals surface area contributed by atoms with Gasteiger partial charge in [0, 0.05) is 17.8 Å². The van der Waals surface area contributed by atoms with Crippen molar-refractivity contribution in [2.75, 3.05) is 11.9 Å². The zero-order valence-electron chi connectivity index (χ0n) is 18.9. The number of nitro groups is 1. The molecule has 1 aliphatic rings. The first-order chi connectivity index (χ1) is 17.7. The summed E-state index contributed by atoms with van der Waals surface area (Å²) in [6, 6.07) is 16.4. The number of anilines is 1. The van der Waals surface area contributed by atoms with Crippen LogP contribution in [0.15, 0.2) is 71.6 Å². The number of halogens is 2. The molecule has 3 amide bonds. The molecule has 12 heteroatoms. The number of nitrogens with zero attached hydrogens (tertiary/aromatic N) is 2. The molecular weight excluding hydrogens is 616 g/mol. The summed E-state index contributed by atoms with van der Waals surface area (Å²) in [5.41, 5.74) is 1.77. The lowest BCUT2D eigenvalue weighted by atomic mass is 10.2. The van der Waals surface area contributed by atoms with E-state index in [4.69, 9.17) is 4.74 Å². The molecule has 1 saturated heterocycles. The molecule has 0 aliphatic carbocycles. The highest BCUT2D eigenvalue weighted by Crippen LogP contribution is 2.33. The number of rotatable bonds is 8. The lowest BCUT2D eigenvalue weighted by Crippen LogP contribution is -2.36. The van der Waals surface area contributed by atoms with Crippen molar-refractivity contribution >= 4 is 68.9 Å². The minimum absolute atomic E-state index is 0.000560. The Balaban J connectivity index is 1.37. The van der Waals surface area contributed by atoms with Crippen LogP contribution in [-0.2, 0) is 16.2 Å². The maximum absolute atomic E-state index is 13.0. The summed E-state index contributed by atoms with van der Waals surface area (Å²) in [6.45, 7) is -0.251. The molecule has 3 aromatic rings. The molecule has 3 aromatic carbocycles. The SMILES string of the molecule is O=C(CN1C(=O)S/C(=C\c2ccc(OCc3ccc([N+](=O)[O-])cc3)c(I)c2)C1=O)Nc1ccc(F)cc1. The summed E-state index contributed by atoms with van der Waals surface area (Å²) in [6.07, 6.45) is 1.56. The van der Waals surface area contributed by atoms with Crippen molar-refractivity contribution < 1.29 is 28.4 Å². The zero-order valence-corrected chi connectivity index (χ0v) is 21.8. The largest absolute Gasteiger partial charge is 0.488 e. The number of thioether (sulfide) groups is 1. The van der Waals surface area contributed by atoms with Crippen molar-refractivity contribution in [1.82, 2.24) is 4.90 Å². The average molecular weight is 633 g/mol. The molecule has 0 bridgehead atoms. The van der Waals surface area contributed by atoms with Crippen molar-refractivity contribution in [2.24, 2.45) is 0 Å². The summed E-state index contributed by atoms with van der Waals surface area (Å²) in [4.78, 5) is 48.7. The Morgan fingerprint density at radius 2 is 1.81 bits per heavy atom. The number of ether oxygens (including phenoxy) is 1. The molecule has 1 aliphatic heterocycles. The monoisotopic (exact) mass is 633 g/mol. The summed E-state index contributed by atoms with van der Waals surface area (Å²) in [7, 11) is 0. The number of nitrogens with one attached hydrogen (secondary N) is 1. The third-order valence-corrected chi connectivity index (χ3v) is 6.85. The van der Waals surface area contributed by atoms with E-state index in [0.717, 1.165) is 25.8 Å². The van der Waals surface area contributed by atoms with Crippen LogP contribution in [0, 0.1) is 19.5 Å². The Morgan fingerprint density at radius 1 is 1.11 bits per heavy atom. The number of nitro benzene ring substituents is 1. The standard InChI is InChI=1S/C25H17FIN3O6S/c26-17-4-6-18(7-5-17)28-23(31)13-29-24(32)22(37-25(29)33)12-16-3-10-21(20(27)11-16)36-14-15-1-8-19(9-2-15)30(34)35/h1-12H,13-14H2,(H,28,31)/b22-12-. The second-order valence-electron chi connectivity index (χ2n) is 7.73. The van der Waals surface area contributed by atoms with E-state index < -0.39 is 34.3 Å². The van der Waals surface area contributed by atoms with E-state index in [1.807, 2.05) is 0 Å². The molecule has 0 saturated carbocycles. The molecule has 1 fully saturated rings. The first kappa shape index (κ1) is 26.3. The van der Waals surface area contributed by atoms with Gasteiger partial charge >= 0.3 is 0 Å². The quantitative estimate of drug-likeness (QED) is 0.149. The van der Waals surface area contributed by atoms with E-state index in [1.165, 1.54) is 36.4 Å². The highest BCUT2D eigenvalue weighted by molar-refractivity contribution is 14.1. The Hall–Kier alpha value is -3.78. The molecule has 0 unspecified atom stereocenters. The minimum atomic E-state index is -0.585. The summed E-state index contributed by atoms with van der Waals surface area (Å²) < 4.78 is 19.6. The van der Waals surface area contributed by atoms with Crippen LogP contribution in [0.1, 0.15) is 11.1 Å². The second-order valence-corrected chi connectivity index (χ2v) is 9.88. The maximum Gasteiger partial charge on any atom is 0.294 e. The van der Waals surface area contributed by atoms with Gasteiger partial charge < -0.3 is 10.1 Å². The highest BCUT2D eigenvalue weighted by atomic mass is 127.